The Labute approximate surface area is 118 Å². The summed E-state index contributed by atoms with van der Waals surface area (Å²) in [6.45, 7) is 1.02. The van der Waals surface area contributed by atoms with Gasteiger partial charge in [-0.3, -0.25) is 9.59 Å². The van der Waals surface area contributed by atoms with Crippen LogP contribution in [0.3, 0.4) is 0 Å². The summed E-state index contributed by atoms with van der Waals surface area (Å²) in [5, 5.41) is 8.72. The van der Waals surface area contributed by atoms with Gasteiger partial charge < -0.3 is 14.7 Å². The van der Waals surface area contributed by atoms with Gasteiger partial charge in [-0.25, -0.2) is 0 Å². The third-order valence-corrected chi connectivity index (χ3v) is 3.31. The van der Waals surface area contributed by atoms with Crippen LogP contribution >= 0.6 is 0 Å². The van der Waals surface area contributed by atoms with E-state index in [0.29, 0.717) is 19.6 Å². The minimum Gasteiger partial charge on any atom is -0.481 e. The number of ether oxygens (including phenoxy) is 1. The van der Waals surface area contributed by atoms with Crippen LogP contribution in [0.25, 0.3) is 0 Å². The molecular formula is C15H19NO4. The predicted molar refractivity (Wildman–Crippen MR) is 74.6 cm³/mol. The van der Waals surface area contributed by atoms with Crippen molar-refractivity contribution in [3.8, 4) is 0 Å². The van der Waals surface area contributed by atoms with Crippen molar-refractivity contribution in [2.75, 3.05) is 18.1 Å². The fourth-order valence-corrected chi connectivity index (χ4v) is 2.31. The average Bonchev–Trinajstić information content (AvgIpc) is 2.98. The lowest BCUT2D eigenvalue weighted by molar-refractivity contribution is -0.137. The quantitative estimate of drug-likeness (QED) is 0.864. The zero-order valence-electron chi connectivity index (χ0n) is 11.3. The van der Waals surface area contributed by atoms with E-state index in [1.165, 1.54) is 0 Å². The second-order valence-electron chi connectivity index (χ2n) is 4.82. The van der Waals surface area contributed by atoms with E-state index in [-0.39, 0.29) is 18.4 Å². The minimum atomic E-state index is -0.845. The van der Waals surface area contributed by atoms with Gasteiger partial charge in [0.05, 0.1) is 0 Å². The molecule has 1 aliphatic rings. The van der Waals surface area contributed by atoms with Crippen LogP contribution in [0.5, 0.6) is 0 Å². The first-order valence-electron chi connectivity index (χ1n) is 6.88. The van der Waals surface area contributed by atoms with Crippen molar-refractivity contribution in [1.82, 2.24) is 0 Å². The first-order valence-corrected chi connectivity index (χ1v) is 6.88. The van der Waals surface area contributed by atoms with Crippen LogP contribution in [-0.2, 0) is 14.3 Å². The Morgan fingerprint density at radius 1 is 1.30 bits per heavy atom. The van der Waals surface area contributed by atoms with E-state index in [2.05, 4.69) is 0 Å². The number of hydrogen-bond acceptors (Lipinski definition) is 3. The molecule has 0 radical (unpaired) electrons. The second kappa shape index (κ2) is 7.05. The van der Waals surface area contributed by atoms with E-state index in [9.17, 15) is 9.59 Å². The van der Waals surface area contributed by atoms with Gasteiger partial charge in [-0.15, -0.1) is 0 Å². The van der Waals surface area contributed by atoms with E-state index in [1.807, 2.05) is 30.3 Å². The summed E-state index contributed by atoms with van der Waals surface area (Å²) < 4.78 is 5.44. The van der Waals surface area contributed by atoms with Crippen molar-refractivity contribution in [3.05, 3.63) is 30.3 Å². The number of nitrogens with zero attached hydrogens (tertiary/aromatic N) is 1. The number of rotatable bonds is 6. The number of anilines is 1. The lowest BCUT2D eigenvalue weighted by Gasteiger charge is -2.25. The molecule has 0 aliphatic carbocycles. The lowest BCUT2D eigenvalue weighted by Crippen LogP contribution is -2.39. The van der Waals surface area contributed by atoms with Crippen LogP contribution in [0.1, 0.15) is 25.7 Å². The van der Waals surface area contributed by atoms with Crippen LogP contribution in [0.4, 0.5) is 5.69 Å². The van der Waals surface area contributed by atoms with Crippen LogP contribution in [0, 0.1) is 0 Å². The number of amides is 1. The molecule has 1 amide bonds. The summed E-state index contributed by atoms with van der Waals surface area (Å²) in [6.07, 6.45) is 1.74. The Morgan fingerprint density at radius 3 is 2.65 bits per heavy atom. The van der Waals surface area contributed by atoms with Crippen molar-refractivity contribution in [1.29, 1.82) is 0 Å². The summed E-state index contributed by atoms with van der Waals surface area (Å²) in [6, 6.07) is 9.32. The van der Waals surface area contributed by atoms with Gasteiger partial charge >= 0.3 is 5.97 Å². The highest BCUT2D eigenvalue weighted by Gasteiger charge is 2.28. The maximum absolute atomic E-state index is 12.5. The summed E-state index contributed by atoms with van der Waals surface area (Å²) in [5.74, 6) is -0.915. The largest absolute Gasteiger partial charge is 0.481 e. The number of benzene rings is 1. The zero-order chi connectivity index (χ0) is 14.4. The third-order valence-electron chi connectivity index (χ3n) is 3.31. The van der Waals surface area contributed by atoms with Gasteiger partial charge in [0.25, 0.3) is 5.91 Å². The van der Waals surface area contributed by atoms with Gasteiger partial charge in [0, 0.05) is 25.3 Å². The first-order chi connectivity index (χ1) is 9.68. The fraction of sp³-hybridized carbons (Fsp3) is 0.467. The Morgan fingerprint density at radius 2 is 2.05 bits per heavy atom. The Bertz CT molecular complexity index is 454. The second-order valence-corrected chi connectivity index (χ2v) is 4.82. The molecule has 0 aromatic heterocycles. The van der Waals surface area contributed by atoms with Gasteiger partial charge in [0.1, 0.15) is 6.10 Å². The molecule has 5 heteroatoms. The molecule has 1 heterocycles. The molecule has 1 unspecified atom stereocenters. The van der Waals surface area contributed by atoms with Gasteiger partial charge in [-0.05, 0) is 31.4 Å². The molecule has 108 valence electrons. The van der Waals surface area contributed by atoms with Crippen molar-refractivity contribution < 1.29 is 19.4 Å². The SMILES string of the molecule is O=C(O)CCCN(C(=O)C1CCCO1)c1ccccc1. The maximum atomic E-state index is 12.5. The van der Waals surface area contributed by atoms with Crippen molar-refractivity contribution in [2.24, 2.45) is 0 Å². The van der Waals surface area contributed by atoms with Crippen molar-refractivity contribution in [3.63, 3.8) is 0 Å². The highest BCUT2D eigenvalue weighted by molar-refractivity contribution is 5.96. The highest BCUT2D eigenvalue weighted by atomic mass is 16.5. The lowest BCUT2D eigenvalue weighted by atomic mass is 10.1. The average molecular weight is 277 g/mol. The molecule has 1 aromatic rings. The zero-order valence-corrected chi connectivity index (χ0v) is 11.3. The van der Waals surface area contributed by atoms with Crippen LogP contribution < -0.4 is 4.90 Å². The van der Waals surface area contributed by atoms with E-state index in [1.54, 1.807) is 4.90 Å². The Kier molecular flexibility index (Phi) is 5.12. The number of aliphatic carboxylic acids is 1. The van der Waals surface area contributed by atoms with Crippen molar-refractivity contribution in [2.45, 2.75) is 31.8 Å². The normalized spacial score (nSPS) is 17.9. The molecule has 1 atom stereocenters. The predicted octanol–water partition coefficient (Wildman–Crippen LogP) is 2.06. The Hall–Kier alpha value is -1.88. The Balaban J connectivity index is 2.06. The molecule has 20 heavy (non-hydrogen) atoms. The number of para-hydroxylation sites is 1. The van der Waals surface area contributed by atoms with E-state index in [4.69, 9.17) is 9.84 Å². The van der Waals surface area contributed by atoms with E-state index >= 15 is 0 Å². The molecule has 1 fully saturated rings. The van der Waals surface area contributed by atoms with Gasteiger partial charge in [-0.2, -0.15) is 0 Å². The topological polar surface area (TPSA) is 66.8 Å². The van der Waals surface area contributed by atoms with Gasteiger partial charge in [0.15, 0.2) is 0 Å². The van der Waals surface area contributed by atoms with Crippen LogP contribution in [0.15, 0.2) is 30.3 Å². The molecule has 1 saturated heterocycles. The summed E-state index contributed by atoms with van der Waals surface area (Å²) in [7, 11) is 0. The molecule has 1 aliphatic heterocycles. The molecule has 1 N–H and O–H groups in total. The number of carboxylic acid groups (broad SMARTS) is 1. The summed E-state index contributed by atoms with van der Waals surface area (Å²) in [4.78, 5) is 24.7. The first kappa shape index (κ1) is 14.5. The van der Waals surface area contributed by atoms with E-state index in [0.717, 1.165) is 18.5 Å². The summed E-state index contributed by atoms with van der Waals surface area (Å²) in [5.41, 5.74) is 0.790. The molecule has 1 aromatic carbocycles. The molecule has 0 bridgehead atoms. The van der Waals surface area contributed by atoms with Gasteiger partial charge in [0.2, 0.25) is 0 Å². The number of carbonyl (C=O) groups excluding carboxylic acids is 1. The van der Waals surface area contributed by atoms with Crippen LogP contribution in [0.2, 0.25) is 0 Å². The smallest absolute Gasteiger partial charge is 0.303 e. The molecule has 5 nitrogen and oxygen atoms in total. The maximum Gasteiger partial charge on any atom is 0.303 e. The van der Waals surface area contributed by atoms with Crippen molar-refractivity contribution >= 4 is 17.6 Å². The molecular weight excluding hydrogens is 258 g/mol. The summed E-state index contributed by atoms with van der Waals surface area (Å²) >= 11 is 0. The fourth-order valence-electron chi connectivity index (χ4n) is 2.31. The van der Waals surface area contributed by atoms with Crippen LogP contribution in [-0.4, -0.2) is 36.2 Å². The standard InChI is InChI=1S/C15H19NO4/c17-14(18)9-4-10-16(12-6-2-1-3-7-12)15(19)13-8-5-11-20-13/h1-3,6-7,13H,4-5,8-11H2,(H,17,18). The minimum absolute atomic E-state index is 0.0577. The highest BCUT2D eigenvalue weighted by Crippen LogP contribution is 2.20. The number of carboxylic acids is 1. The monoisotopic (exact) mass is 277 g/mol. The molecule has 2 rings (SSSR count). The number of carbonyl (C=O) groups is 2. The number of hydrogen-bond donors (Lipinski definition) is 1. The third kappa shape index (κ3) is 3.81. The molecule has 0 spiro atoms. The van der Waals surface area contributed by atoms with Gasteiger partial charge in [-0.1, -0.05) is 18.2 Å². The van der Waals surface area contributed by atoms with E-state index < -0.39 is 5.97 Å². The molecule has 0 saturated carbocycles.